The maximum Gasteiger partial charge on any atom is 0.372 e. The van der Waals surface area contributed by atoms with Gasteiger partial charge in [0.25, 0.3) is 0 Å². The molecule has 0 fully saturated rings. The number of rotatable bonds is 4. The van der Waals surface area contributed by atoms with E-state index < -0.39 is 18.0 Å². The van der Waals surface area contributed by atoms with E-state index in [-0.39, 0.29) is 0 Å². The molecule has 0 heterocycles. The van der Waals surface area contributed by atoms with E-state index in [2.05, 4.69) is 9.78 Å². The van der Waals surface area contributed by atoms with Gasteiger partial charge in [-0.05, 0) is 6.42 Å². The van der Waals surface area contributed by atoms with E-state index in [0.717, 1.165) is 19.8 Å². The number of hydrogen-bond acceptors (Lipinski definition) is 5. The highest BCUT2D eigenvalue weighted by Gasteiger charge is 2.16. The third-order valence-corrected chi connectivity index (χ3v) is 1.41. The second-order valence-corrected chi connectivity index (χ2v) is 2.73. The van der Waals surface area contributed by atoms with Crippen LogP contribution >= 0.6 is 0 Å². The molecule has 0 rings (SSSR count). The Morgan fingerprint density at radius 3 is 2.46 bits per heavy atom. The Hall–Kier alpha value is -1.10. The molecule has 0 aromatic heterocycles. The number of nitrogens with two attached hydrogens (primary N) is 1. The van der Waals surface area contributed by atoms with Crippen LogP contribution in [-0.2, 0) is 19.4 Å². The Morgan fingerprint density at radius 1 is 1.38 bits per heavy atom. The van der Waals surface area contributed by atoms with Crippen LogP contribution in [-0.4, -0.2) is 18.0 Å². The van der Waals surface area contributed by atoms with Crippen molar-refractivity contribution in [2.45, 2.75) is 39.2 Å². The summed E-state index contributed by atoms with van der Waals surface area (Å²) in [6.45, 7) is 3.13. The highest BCUT2D eigenvalue weighted by molar-refractivity contribution is 5.76. The molecule has 0 spiro atoms. The highest BCUT2D eigenvalue weighted by Crippen LogP contribution is 2.00. The number of unbranched alkanes of at least 4 members (excludes halogenated alkanes) is 1. The van der Waals surface area contributed by atoms with E-state index in [0.29, 0.717) is 6.42 Å². The molecule has 0 aliphatic heterocycles. The van der Waals surface area contributed by atoms with Crippen molar-refractivity contribution in [2.75, 3.05) is 0 Å². The molecule has 0 aliphatic carbocycles. The molecule has 2 N–H and O–H groups in total. The van der Waals surface area contributed by atoms with E-state index in [4.69, 9.17) is 5.73 Å². The van der Waals surface area contributed by atoms with Crippen LogP contribution in [0.2, 0.25) is 0 Å². The minimum atomic E-state index is -0.709. The lowest BCUT2D eigenvalue weighted by molar-refractivity contribution is -0.258. The number of hydrogen-bond donors (Lipinski definition) is 1. The summed E-state index contributed by atoms with van der Waals surface area (Å²) >= 11 is 0. The van der Waals surface area contributed by atoms with Crippen molar-refractivity contribution in [1.82, 2.24) is 0 Å². The Balaban J connectivity index is 3.63. The van der Waals surface area contributed by atoms with Crippen LogP contribution in [0.15, 0.2) is 0 Å². The van der Waals surface area contributed by atoms with Gasteiger partial charge < -0.3 is 5.73 Å². The Labute approximate surface area is 77.1 Å². The zero-order valence-corrected chi connectivity index (χ0v) is 7.91. The first-order valence-corrected chi connectivity index (χ1v) is 4.22. The van der Waals surface area contributed by atoms with E-state index in [1.807, 2.05) is 6.92 Å². The lowest BCUT2D eigenvalue weighted by Gasteiger charge is -2.07. The average Bonchev–Trinajstić information content (AvgIpc) is 2.10. The van der Waals surface area contributed by atoms with E-state index >= 15 is 0 Å². The van der Waals surface area contributed by atoms with E-state index in [1.165, 1.54) is 0 Å². The van der Waals surface area contributed by atoms with Crippen LogP contribution in [0.3, 0.4) is 0 Å². The van der Waals surface area contributed by atoms with Gasteiger partial charge >= 0.3 is 11.9 Å². The van der Waals surface area contributed by atoms with Gasteiger partial charge in [0.1, 0.15) is 6.04 Å². The van der Waals surface area contributed by atoms with Crippen molar-refractivity contribution in [1.29, 1.82) is 0 Å². The average molecular weight is 189 g/mol. The fraction of sp³-hybridized carbons (Fsp3) is 0.750. The van der Waals surface area contributed by atoms with Crippen molar-refractivity contribution in [2.24, 2.45) is 5.73 Å². The van der Waals surface area contributed by atoms with Gasteiger partial charge in [-0.1, -0.05) is 19.8 Å². The van der Waals surface area contributed by atoms with Crippen molar-refractivity contribution in [3.05, 3.63) is 0 Å². The summed E-state index contributed by atoms with van der Waals surface area (Å²) in [5, 5.41) is 0. The van der Waals surface area contributed by atoms with E-state index in [1.54, 1.807) is 0 Å². The zero-order valence-electron chi connectivity index (χ0n) is 7.91. The molecule has 0 amide bonds. The molecule has 0 saturated carbocycles. The minimum absolute atomic E-state index is 0.538. The zero-order chi connectivity index (χ0) is 10.3. The van der Waals surface area contributed by atoms with Gasteiger partial charge in [-0.3, -0.25) is 0 Å². The topological polar surface area (TPSA) is 78.6 Å². The van der Waals surface area contributed by atoms with Crippen LogP contribution in [0.5, 0.6) is 0 Å². The summed E-state index contributed by atoms with van der Waals surface area (Å²) in [6, 6.07) is -0.709. The first-order chi connectivity index (χ1) is 6.07. The quantitative estimate of drug-likeness (QED) is 0.515. The summed E-state index contributed by atoms with van der Waals surface area (Å²) in [5.41, 5.74) is 5.42. The lowest BCUT2D eigenvalue weighted by atomic mass is 10.1. The van der Waals surface area contributed by atoms with Gasteiger partial charge in [0.2, 0.25) is 0 Å². The molecule has 0 aromatic rings. The first-order valence-electron chi connectivity index (χ1n) is 4.22. The normalized spacial score (nSPS) is 11.9. The molecule has 1 unspecified atom stereocenters. The first kappa shape index (κ1) is 11.9. The van der Waals surface area contributed by atoms with E-state index in [9.17, 15) is 9.59 Å². The molecular formula is C8H15NO4. The number of carbonyl (C=O) groups excluding carboxylic acids is 2. The summed E-state index contributed by atoms with van der Waals surface area (Å²) in [5.74, 6) is -1.38. The third-order valence-electron chi connectivity index (χ3n) is 1.41. The maximum absolute atomic E-state index is 10.9. The molecular weight excluding hydrogens is 174 g/mol. The van der Waals surface area contributed by atoms with Crippen LogP contribution in [0.1, 0.15) is 33.1 Å². The van der Waals surface area contributed by atoms with Gasteiger partial charge in [0, 0.05) is 6.92 Å². The standard InChI is InChI=1S/C8H15NO4/c1-3-4-5-7(9)8(11)13-12-6(2)10/h7H,3-5,9H2,1-2H3. The highest BCUT2D eigenvalue weighted by atomic mass is 17.2. The minimum Gasteiger partial charge on any atom is -0.318 e. The summed E-state index contributed by atoms with van der Waals surface area (Å²) in [4.78, 5) is 29.4. The summed E-state index contributed by atoms with van der Waals surface area (Å²) in [6.07, 6.45) is 2.33. The van der Waals surface area contributed by atoms with Crippen LogP contribution in [0.25, 0.3) is 0 Å². The Bertz CT molecular complexity index is 181. The third kappa shape index (κ3) is 6.10. The van der Waals surface area contributed by atoms with Crippen molar-refractivity contribution in [3.8, 4) is 0 Å². The predicted octanol–water partition coefficient (Wildman–Crippen LogP) is 0.525. The Kier molecular flexibility index (Phi) is 5.88. The number of carbonyl (C=O) groups is 2. The largest absolute Gasteiger partial charge is 0.372 e. The molecule has 5 heteroatoms. The maximum atomic E-state index is 10.9. The monoisotopic (exact) mass is 189 g/mol. The van der Waals surface area contributed by atoms with Gasteiger partial charge in [-0.2, -0.15) is 0 Å². The van der Waals surface area contributed by atoms with Crippen LogP contribution in [0, 0.1) is 0 Å². The molecule has 5 nitrogen and oxygen atoms in total. The molecule has 0 bridgehead atoms. The molecule has 0 saturated heterocycles. The van der Waals surface area contributed by atoms with Crippen molar-refractivity contribution < 1.29 is 19.4 Å². The molecule has 76 valence electrons. The SMILES string of the molecule is CCCCC(N)C(=O)OOC(C)=O. The lowest BCUT2D eigenvalue weighted by Crippen LogP contribution is -2.32. The molecule has 0 aromatic carbocycles. The molecule has 1 atom stereocenters. The molecule has 0 aliphatic rings. The molecule has 0 radical (unpaired) electrons. The van der Waals surface area contributed by atoms with Crippen LogP contribution < -0.4 is 5.73 Å². The fourth-order valence-electron chi connectivity index (χ4n) is 0.703. The second kappa shape index (κ2) is 6.42. The Morgan fingerprint density at radius 2 is 2.00 bits per heavy atom. The van der Waals surface area contributed by atoms with Crippen molar-refractivity contribution in [3.63, 3.8) is 0 Å². The van der Waals surface area contributed by atoms with Gasteiger partial charge in [0.05, 0.1) is 0 Å². The molecule has 13 heavy (non-hydrogen) atoms. The smallest absolute Gasteiger partial charge is 0.318 e. The second-order valence-electron chi connectivity index (χ2n) is 2.73. The summed E-state index contributed by atoms with van der Waals surface area (Å²) < 4.78 is 0. The fourth-order valence-corrected chi connectivity index (χ4v) is 0.703. The van der Waals surface area contributed by atoms with Gasteiger partial charge in [-0.15, -0.1) is 0 Å². The predicted molar refractivity (Wildman–Crippen MR) is 45.4 cm³/mol. The van der Waals surface area contributed by atoms with Gasteiger partial charge in [-0.25, -0.2) is 19.4 Å². The van der Waals surface area contributed by atoms with Gasteiger partial charge in [0.15, 0.2) is 0 Å². The van der Waals surface area contributed by atoms with Crippen molar-refractivity contribution >= 4 is 11.9 Å². The van der Waals surface area contributed by atoms with Crippen LogP contribution in [0.4, 0.5) is 0 Å². The summed E-state index contributed by atoms with van der Waals surface area (Å²) in [7, 11) is 0.